The van der Waals surface area contributed by atoms with E-state index in [2.05, 4.69) is 15.0 Å². The molecule has 29 heavy (non-hydrogen) atoms. The molecule has 0 radical (unpaired) electrons. The summed E-state index contributed by atoms with van der Waals surface area (Å²) < 4.78 is 6.94. The van der Waals surface area contributed by atoms with Crippen LogP contribution in [0.3, 0.4) is 0 Å². The summed E-state index contributed by atoms with van der Waals surface area (Å²) in [6.45, 7) is 4.84. The first-order valence-electron chi connectivity index (χ1n) is 9.41. The zero-order chi connectivity index (χ0) is 20.5. The molecule has 0 atom stereocenters. The summed E-state index contributed by atoms with van der Waals surface area (Å²) in [5.74, 6) is 1.01. The number of piperazine rings is 1. The number of carbonyl (C=O) groups is 1. The van der Waals surface area contributed by atoms with Crippen molar-refractivity contribution in [1.82, 2.24) is 19.7 Å². The lowest BCUT2D eigenvalue weighted by molar-refractivity contribution is -0.132. The molecule has 1 amide bonds. The number of hydrogen-bond donors (Lipinski definition) is 1. The Morgan fingerprint density at radius 2 is 2.00 bits per heavy atom. The van der Waals surface area contributed by atoms with Crippen LogP contribution in [0, 0.1) is 6.92 Å². The highest BCUT2D eigenvalue weighted by Crippen LogP contribution is 2.30. The maximum absolute atomic E-state index is 12.8. The van der Waals surface area contributed by atoms with Crippen LogP contribution >= 0.6 is 11.6 Å². The summed E-state index contributed by atoms with van der Waals surface area (Å²) in [4.78, 5) is 21.2. The summed E-state index contributed by atoms with van der Waals surface area (Å²) in [5, 5.41) is 4.89. The highest BCUT2D eigenvalue weighted by molar-refractivity contribution is 6.32. The number of carbonyl (C=O) groups excluding carboxylic acids is 1. The molecule has 3 heterocycles. The summed E-state index contributed by atoms with van der Waals surface area (Å²) >= 11 is 6.11. The van der Waals surface area contributed by atoms with Gasteiger partial charge in [-0.25, -0.2) is 0 Å². The van der Waals surface area contributed by atoms with E-state index in [0.717, 1.165) is 29.9 Å². The summed E-state index contributed by atoms with van der Waals surface area (Å²) in [6, 6.07) is 7.67. The number of ether oxygens (including phenoxy) is 1. The van der Waals surface area contributed by atoms with Gasteiger partial charge in [-0.2, -0.15) is 5.10 Å². The van der Waals surface area contributed by atoms with E-state index in [-0.39, 0.29) is 12.5 Å². The van der Waals surface area contributed by atoms with Crippen molar-refractivity contribution >= 4 is 40.0 Å². The number of aromatic nitrogens is 3. The molecule has 1 aliphatic heterocycles. The number of rotatable bonds is 4. The monoisotopic (exact) mass is 414 g/mol. The van der Waals surface area contributed by atoms with Crippen molar-refractivity contribution < 1.29 is 9.53 Å². The third-order valence-electron chi connectivity index (χ3n) is 5.17. The zero-order valence-corrected chi connectivity index (χ0v) is 17.2. The summed E-state index contributed by atoms with van der Waals surface area (Å²) in [5.41, 5.74) is 9.39. The van der Waals surface area contributed by atoms with E-state index in [1.165, 1.54) is 0 Å². The molecule has 2 aromatic heterocycles. The van der Waals surface area contributed by atoms with Gasteiger partial charge in [-0.1, -0.05) is 11.6 Å². The molecule has 9 heteroatoms. The van der Waals surface area contributed by atoms with E-state index in [4.69, 9.17) is 22.1 Å². The van der Waals surface area contributed by atoms with Crippen LogP contribution < -0.4 is 15.4 Å². The minimum Gasteiger partial charge on any atom is -0.495 e. The first kappa shape index (κ1) is 19.3. The molecule has 0 aliphatic carbocycles. The number of benzene rings is 1. The van der Waals surface area contributed by atoms with Crippen LogP contribution in [-0.4, -0.2) is 58.9 Å². The SMILES string of the molecule is COc1cc(N2CCN(C(=O)Cn3nc(N)c4ncc(C)cc43)CC2)ccc1Cl. The van der Waals surface area contributed by atoms with Gasteiger partial charge in [0.15, 0.2) is 5.82 Å². The van der Waals surface area contributed by atoms with Gasteiger partial charge in [0.2, 0.25) is 5.91 Å². The van der Waals surface area contributed by atoms with Crippen LogP contribution in [0.2, 0.25) is 5.02 Å². The average molecular weight is 415 g/mol. The molecule has 1 fully saturated rings. The summed E-state index contributed by atoms with van der Waals surface area (Å²) in [6.07, 6.45) is 1.75. The van der Waals surface area contributed by atoms with Gasteiger partial charge in [-0.05, 0) is 30.7 Å². The number of methoxy groups -OCH3 is 1. The zero-order valence-electron chi connectivity index (χ0n) is 16.4. The molecule has 1 aliphatic rings. The van der Waals surface area contributed by atoms with Crippen molar-refractivity contribution in [2.75, 3.05) is 43.9 Å². The molecule has 3 aromatic rings. The maximum Gasteiger partial charge on any atom is 0.244 e. The lowest BCUT2D eigenvalue weighted by Gasteiger charge is -2.36. The Bertz CT molecular complexity index is 1060. The molecule has 0 saturated carbocycles. The van der Waals surface area contributed by atoms with Crippen LogP contribution in [0.1, 0.15) is 5.56 Å². The number of aryl methyl sites for hydroxylation is 1. The highest BCUT2D eigenvalue weighted by Gasteiger charge is 2.23. The van der Waals surface area contributed by atoms with Crippen molar-refractivity contribution in [3.63, 3.8) is 0 Å². The number of hydrogen-bond acceptors (Lipinski definition) is 6. The number of fused-ring (bicyclic) bond motifs is 1. The smallest absolute Gasteiger partial charge is 0.244 e. The molecule has 8 nitrogen and oxygen atoms in total. The second kappa shape index (κ2) is 7.79. The number of nitrogens with zero attached hydrogens (tertiary/aromatic N) is 5. The van der Waals surface area contributed by atoms with Crippen molar-refractivity contribution in [3.05, 3.63) is 41.0 Å². The van der Waals surface area contributed by atoms with Gasteiger partial charge >= 0.3 is 0 Å². The Morgan fingerprint density at radius 3 is 2.72 bits per heavy atom. The molecule has 0 unspecified atom stereocenters. The van der Waals surface area contributed by atoms with Gasteiger partial charge in [-0.3, -0.25) is 14.5 Å². The predicted octanol–water partition coefficient (Wildman–Crippen LogP) is 2.33. The highest BCUT2D eigenvalue weighted by atomic mass is 35.5. The minimum absolute atomic E-state index is 0.0178. The van der Waals surface area contributed by atoms with E-state index < -0.39 is 0 Å². The Hall–Kier alpha value is -3.00. The minimum atomic E-state index is 0.0178. The number of amides is 1. The van der Waals surface area contributed by atoms with Gasteiger partial charge in [0.05, 0.1) is 17.6 Å². The molecule has 0 bridgehead atoms. The first-order valence-corrected chi connectivity index (χ1v) is 9.79. The summed E-state index contributed by atoms with van der Waals surface area (Å²) in [7, 11) is 1.60. The van der Waals surface area contributed by atoms with Crippen LogP contribution in [0.15, 0.2) is 30.5 Å². The van der Waals surface area contributed by atoms with Gasteiger partial charge < -0.3 is 20.3 Å². The second-order valence-corrected chi connectivity index (χ2v) is 7.52. The molecule has 0 spiro atoms. The number of pyridine rings is 1. The van der Waals surface area contributed by atoms with Gasteiger partial charge in [0.1, 0.15) is 17.8 Å². The Morgan fingerprint density at radius 1 is 1.24 bits per heavy atom. The van der Waals surface area contributed by atoms with Crippen LogP contribution in [0.5, 0.6) is 5.75 Å². The number of anilines is 2. The van der Waals surface area contributed by atoms with Crippen LogP contribution in [0.25, 0.3) is 11.0 Å². The third kappa shape index (κ3) is 3.80. The van der Waals surface area contributed by atoms with E-state index in [1.807, 2.05) is 36.1 Å². The fourth-order valence-electron chi connectivity index (χ4n) is 3.59. The van der Waals surface area contributed by atoms with E-state index >= 15 is 0 Å². The Kier molecular flexibility index (Phi) is 5.19. The fraction of sp³-hybridized carbons (Fsp3) is 0.350. The lowest BCUT2D eigenvalue weighted by atomic mass is 10.2. The quantitative estimate of drug-likeness (QED) is 0.704. The second-order valence-electron chi connectivity index (χ2n) is 7.11. The number of nitrogen functional groups attached to an aromatic ring is 1. The number of nitrogens with two attached hydrogens (primary N) is 1. The first-order chi connectivity index (χ1) is 14.0. The van der Waals surface area contributed by atoms with Crippen molar-refractivity contribution in [3.8, 4) is 5.75 Å². The molecule has 152 valence electrons. The largest absolute Gasteiger partial charge is 0.495 e. The Balaban J connectivity index is 1.43. The molecular formula is C20H23ClN6O2. The number of halogens is 1. The standard InChI is InChI=1S/C20H23ClN6O2/c1-13-9-16-19(23-11-13)20(22)24-27(16)12-18(28)26-7-5-25(6-8-26)14-3-4-15(21)17(10-14)29-2/h3-4,9-11H,5-8,12H2,1-2H3,(H2,22,24). The normalized spacial score (nSPS) is 14.4. The lowest BCUT2D eigenvalue weighted by Crippen LogP contribution is -2.49. The van der Waals surface area contributed by atoms with E-state index in [9.17, 15) is 4.79 Å². The van der Waals surface area contributed by atoms with E-state index in [1.54, 1.807) is 18.0 Å². The van der Waals surface area contributed by atoms with Crippen molar-refractivity contribution in [2.45, 2.75) is 13.5 Å². The topological polar surface area (TPSA) is 89.5 Å². The maximum atomic E-state index is 12.8. The fourth-order valence-corrected chi connectivity index (χ4v) is 3.78. The van der Waals surface area contributed by atoms with Gasteiger partial charge in [0, 0.05) is 44.1 Å². The average Bonchev–Trinajstić information content (AvgIpc) is 3.03. The van der Waals surface area contributed by atoms with Gasteiger partial charge in [0.25, 0.3) is 0 Å². The van der Waals surface area contributed by atoms with Crippen LogP contribution in [0.4, 0.5) is 11.5 Å². The molecule has 2 N–H and O–H groups in total. The Labute approximate surface area is 173 Å². The van der Waals surface area contributed by atoms with E-state index in [0.29, 0.717) is 35.2 Å². The predicted molar refractivity (Wildman–Crippen MR) is 113 cm³/mol. The molecule has 1 saturated heterocycles. The third-order valence-corrected chi connectivity index (χ3v) is 5.48. The molecule has 1 aromatic carbocycles. The van der Waals surface area contributed by atoms with Crippen molar-refractivity contribution in [2.24, 2.45) is 0 Å². The van der Waals surface area contributed by atoms with Crippen molar-refractivity contribution in [1.29, 1.82) is 0 Å². The van der Waals surface area contributed by atoms with Crippen LogP contribution in [-0.2, 0) is 11.3 Å². The molecular weight excluding hydrogens is 392 g/mol. The molecule has 4 rings (SSSR count). The van der Waals surface area contributed by atoms with Gasteiger partial charge in [-0.15, -0.1) is 0 Å².